The van der Waals surface area contributed by atoms with Crippen molar-refractivity contribution in [3.05, 3.63) is 65.2 Å². The molecular weight excluding hydrogens is 344 g/mol. The molecule has 1 fully saturated rings. The summed E-state index contributed by atoms with van der Waals surface area (Å²) in [5.41, 5.74) is 2.87. The Morgan fingerprint density at radius 3 is 2.52 bits per heavy atom. The molecule has 2 heterocycles. The second-order valence-electron chi connectivity index (χ2n) is 6.84. The van der Waals surface area contributed by atoms with Crippen molar-refractivity contribution >= 4 is 17.7 Å². The van der Waals surface area contributed by atoms with Gasteiger partial charge in [-0.2, -0.15) is 0 Å². The molecule has 3 amide bonds. The van der Waals surface area contributed by atoms with Gasteiger partial charge in [-0.05, 0) is 28.8 Å². The third kappa shape index (κ3) is 2.77. The summed E-state index contributed by atoms with van der Waals surface area (Å²) in [6.45, 7) is 1.11. The number of piperazine rings is 1. The topological polar surface area (TPSA) is 66.9 Å². The molecule has 2 aliphatic heterocycles. The smallest absolute Gasteiger partial charge is 0.252 e. The van der Waals surface area contributed by atoms with Crippen molar-refractivity contribution in [1.82, 2.24) is 9.80 Å². The molecule has 27 heavy (non-hydrogen) atoms. The van der Waals surface area contributed by atoms with Crippen molar-refractivity contribution in [2.75, 3.05) is 13.7 Å². The monoisotopic (exact) mass is 364 g/mol. The third-order valence-corrected chi connectivity index (χ3v) is 5.30. The van der Waals surface area contributed by atoms with Crippen LogP contribution in [-0.2, 0) is 20.8 Å². The van der Waals surface area contributed by atoms with Gasteiger partial charge in [0.15, 0.2) is 0 Å². The molecule has 0 N–H and O–H groups in total. The lowest BCUT2D eigenvalue weighted by Gasteiger charge is -2.47. The van der Waals surface area contributed by atoms with Crippen LogP contribution in [0.25, 0.3) is 0 Å². The molecule has 2 aromatic rings. The Labute approximate surface area is 157 Å². The molecule has 0 aromatic heterocycles. The predicted octanol–water partition coefficient (Wildman–Crippen LogP) is 1.93. The maximum atomic E-state index is 13.0. The van der Waals surface area contributed by atoms with Gasteiger partial charge in [-0.15, -0.1) is 0 Å². The Balaban J connectivity index is 1.88. The first-order chi connectivity index (χ1) is 13.0. The quantitative estimate of drug-likeness (QED) is 0.817. The molecule has 0 radical (unpaired) electrons. The standard InChI is InChI=1S/C21H20N2O4/c1-13(24)22-12-19(25)23-18(21(22)26)11-15-10-16(27-2)8-9-17(15)20(23)14-6-4-3-5-7-14/h3-10,18,20H,11-12H2,1-2H3/t18-,20+/m0/s1. The van der Waals surface area contributed by atoms with Crippen LogP contribution in [0.2, 0.25) is 0 Å². The highest BCUT2D eigenvalue weighted by Crippen LogP contribution is 2.41. The van der Waals surface area contributed by atoms with Gasteiger partial charge in [0.2, 0.25) is 11.8 Å². The maximum Gasteiger partial charge on any atom is 0.252 e. The van der Waals surface area contributed by atoms with Crippen LogP contribution in [0.1, 0.15) is 29.7 Å². The second kappa shape index (κ2) is 6.54. The Bertz CT molecular complexity index is 925. The van der Waals surface area contributed by atoms with Gasteiger partial charge >= 0.3 is 0 Å². The first-order valence-corrected chi connectivity index (χ1v) is 8.86. The van der Waals surface area contributed by atoms with Crippen LogP contribution in [0.15, 0.2) is 48.5 Å². The zero-order valence-electron chi connectivity index (χ0n) is 15.2. The summed E-state index contributed by atoms with van der Waals surface area (Å²) in [5, 5.41) is 0. The van der Waals surface area contributed by atoms with Crippen LogP contribution in [0, 0.1) is 0 Å². The minimum absolute atomic E-state index is 0.209. The van der Waals surface area contributed by atoms with E-state index in [4.69, 9.17) is 4.74 Å². The molecule has 2 aliphatic rings. The molecule has 6 nitrogen and oxygen atoms in total. The summed E-state index contributed by atoms with van der Waals surface area (Å²) >= 11 is 0. The van der Waals surface area contributed by atoms with E-state index >= 15 is 0 Å². The van der Waals surface area contributed by atoms with Gasteiger partial charge in [0, 0.05) is 13.3 Å². The van der Waals surface area contributed by atoms with E-state index in [2.05, 4.69) is 0 Å². The molecule has 2 aromatic carbocycles. The average molecular weight is 364 g/mol. The molecular formula is C21H20N2O4. The van der Waals surface area contributed by atoms with Crippen LogP contribution >= 0.6 is 0 Å². The first-order valence-electron chi connectivity index (χ1n) is 8.86. The summed E-state index contributed by atoms with van der Waals surface area (Å²) < 4.78 is 5.33. The summed E-state index contributed by atoms with van der Waals surface area (Å²) in [4.78, 5) is 40.5. The number of carbonyl (C=O) groups is 3. The molecule has 6 heteroatoms. The van der Waals surface area contributed by atoms with Crippen molar-refractivity contribution in [2.45, 2.75) is 25.4 Å². The normalized spacial score (nSPS) is 21.6. The highest BCUT2D eigenvalue weighted by atomic mass is 16.5. The number of nitrogens with zero attached hydrogens (tertiary/aromatic N) is 2. The van der Waals surface area contributed by atoms with E-state index in [9.17, 15) is 14.4 Å². The van der Waals surface area contributed by atoms with Gasteiger partial charge < -0.3 is 9.64 Å². The second-order valence-corrected chi connectivity index (χ2v) is 6.84. The highest BCUT2D eigenvalue weighted by Gasteiger charge is 2.47. The van der Waals surface area contributed by atoms with Crippen molar-refractivity contribution in [2.24, 2.45) is 0 Å². The average Bonchev–Trinajstić information content (AvgIpc) is 2.69. The molecule has 4 rings (SSSR count). The van der Waals surface area contributed by atoms with Crippen molar-refractivity contribution in [3.63, 3.8) is 0 Å². The molecule has 0 spiro atoms. The van der Waals surface area contributed by atoms with E-state index in [1.807, 2.05) is 48.5 Å². The van der Waals surface area contributed by atoms with Crippen LogP contribution in [0.4, 0.5) is 0 Å². The molecule has 138 valence electrons. The van der Waals surface area contributed by atoms with Gasteiger partial charge in [-0.3, -0.25) is 19.3 Å². The minimum atomic E-state index is -0.694. The summed E-state index contributed by atoms with van der Waals surface area (Å²) in [6.07, 6.45) is 0.365. The molecule has 0 aliphatic carbocycles. The summed E-state index contributed by atoms with van der Waals surface area (Å²) in [6, 6.07) is 14.3. The highest BCUT2D eigenvalue weighted by molar-refractivity contribution is 6.05. The van der Waals surface area contributed by atoms with Crippen molar-refractivity contribution in [3.8, 4) is 5.75 Å². The van der Waals surface area contributed by atoms with Gasteiger partial charge in [0.25, 0.3) is 5.91 Å². The third-order valence-electron chi connectivity index (χ3n) is 5.30. The minimum Gasteiger partial charge on any atom is -0.497 e. The van der Waals surface area contributed by atoms with E-state index in [1.54, 1.807) is 12.0 Å². The van der Waals surface area contributed by atoms with Gasteiger partial charge in [-0.25, -0.2) is 0 Å². The predicted molar refractivity (Wildman–Crippen MR) is 98.0 cm³/mol. The van der Waals surface area contributed by atoms with E-state index in [0.717, 1.165) is 21.6 Å². The number of benzene rings is 2. The largest absolute Gasteiger partial charge is 0.497 e. The molecule has 1 saturated heterocycles. The number of rotatable bonds is 2. The van der Waals surface area contributed by atoms with Crippen LogP contribution < -0.4 is 4.74 Å². The Morgan fingerprint density at radius 2 is 1.85 bits per heavy atom. The van der Waals surface area contributed by atoms with Crippen LogP contribution in [0.3, 0.4) is 0 Å². The Hall–Kier alpha value is -3.15. The van der Waals surface area contributed by atoms with Gasteiger partial charge in [0.05, 0.1) is 13.2 Å². The van der Waals surface area contributed by atoms with E-state index in [-0.39, 0.29) is 24.4 Å². The number of imide groups is 1. The zero-order chi connectivity index (χ0) is 19.1. The van der Waals surface area contributed by atoms with Crippen molar-refractivity contribution in [1.29, 1.82) is 0 Å². The molecule has 0 unspecified atom stereocenters. The summed E-state index contributed by atoms with van der Waals surface area (Å²) in [5.74, 6) is -0.241. The van der Waals surface area contributed by atoms with Gasteiger partial charge in [0.1, 0.15) is 18.3 Å². The van der Waals surface area contributed by atoms with Crippen LogP contribution in [0.5, 0.6) is 5.75 Å². The molecule has 0 bridgehead atoms. The number of hydrogen-bond acceptors (Lipinski definition) is 4. The lowest BCUT2D eigenvalue weighted by molar-refractivity contribution is -0.163. The Morgan fingerprint density at radius 1 is 1.11 bits per heavy atom. The lowest BCUT2D eigenvalue weighted by atomic mass is 9.83. The molecule has 2 atom stereocenters. The molecule has 0 saturated carbocycles. The fourth-order valence-electron chi connectivity index (χ4n) is 4.03. The maximum absolute atomic E-state index is 13.0. The van der Waals surface area contributed by atoms with E-state index in [0.29, 0.717) is 12.2 Å². The Kier molecular flexibility index (Phi) is 4.18. The van der Waals surface area contributed by atoms with Crippen LogP contribution in [-0.4, -0.2) is 47.2 Å². The van der Waals surface area contributed by atoms with E-state index in [1.165, 1.54) is 6.92 Å². The SMILES string of the molecule is COc1ccc2c(c1)C[C@H]1C(=O)N(C(C)=O)CC(=O)N1[C@@H]2c1ccccc1. The number of hydrogen-bond donors (Lipinski definition) is 0. The van der Waals surface area contributed by atoms with Crippen molar-refractivity contribution < 1.29 is 19.1 Å². The number of fused-ring (bicyclic) bond motifs is 2. The fraction of sp³-hybridized carbons (Fsp3) is 0.286. The number of amides is 3. The number of ether oxygens (including phenoxy) is 1. The first kappa shape index (κ1) is 17.3. The zero-order valence-corrected chi connectivity index (χ0v) is 15.2. The number of methoxy groups -OCH3 is 1. The fourth-order valence-corrected chi connectivity index (χ4v) is 4.03. The summed E-state index contributed by atoms with van der Waals surface area (Å²) in [7, 11) is 1.60. The van der Waals surface area contributed by atoms with Gasteiger partial charge in [-0.1, -0.05) is 36.4 Å². The van der Waals surface area contributed by atoms with E-state index < -0.39 is 11.9 Å². The lowest BCUT2D eigenvalue weighted by Crippen LogP contribution is -2.63. The number of carbonyl (C=O) groups excluding carboxylic acids is 3.